The van der Waals surface area contributed by atoms with Crippen LogP contribution in [0.2, 0.25) is 0 Å². The van der Waals surface area contributed by atoms with Crippen molar-refractivity contribution in [3.8, 4) is 23.7 Å². The first-order valence-corrected chi connectivity index (χ1v) is 20.3. The monoisotopic (exact) mass is 762 g/mol. The number of hydrogen-bond acceptors (Lipinski definition) is 7. The van der Waals surface area contributed by atoms with Crippen LogP contribution in [0.4, 0.5) is 0 Å². The van der Waals surface area contributed by atoms with Crippen molar-refractivity contribution in [2.45, 2.75) is 134 Å². The number of hydrogen-bond donors (Lipinski definition) is 3. The lowest BCUT2D eigenvalue weighted by Gasteiger charge is -2.38. The molecule has 9 nitrogen and oxygen atoms in total. The summed E-state index contributed by atoms with van der Waals surface area (Å²) in [6, 6.07) is 8.14. The van der Waals surface area contributed by atoms with Crippen molar-refractivity contribution < 1.29 is 33.7 Å². The van der Waals surface area contributed by atoms with Gasteiger partial charge in [0.1, 0.15) is 11.3 Å². The van der Waals surface area contributed by atoms with Crippen molar-refractivity contribution in [2.24, 2.45) is 11.8 Å². The first-order valence-electron chi connectivity index (χ1n) is 20.3. The van der Waals surface area contributed by atoms with Gasteiger partial charge in [0.2, 0.25) is 5.91 Å². The lowest BCUT2D eigenvalue weighted by Crippen LogP contribution is -2.57. The fraction of sp³-hybridized carbons (Fsp3) is 0.553. The van der Waals surface area contributed by atoms with Gasteiger partial charge in [-0.15, -0.1) is 0 Å². The molecule has 2 aromatic rings. The number of rotatable bonds is 7. The van der Waals surface area contributed by atoms with E-state index in [2.05, 4.69) is 34.3 Å². The molecule has 2 amide bonds. The second-order valence-electron chi connectivity index (χ2n) is 16.6. The smallest absolute Gasteiger partial charge is 0.331 e. The van der Waals surface area contributed by atoms with Gasteiger partial charge in [0.15, 0.2) is 0 Å². The molecule has 56 heavy (non-hydrogen) atoms. The Balaban J connectivity index is 0.000000190. The summed E-state index contributed by atoms with van der Waals surface area (Å²) in [7, 11) is 4.77. The molecule has 2 aromatic carbocycles. The van der Waals surface area contributed by atoms with E-state index in [9.17, 15) is 19.5 Å². The van der Waals surface area contributed by atoms with Crippen LogP contribution in [0, 0.1) is 63.2 Å². The Labute approximate surface area is 332 Å². The van der Waals surface area contributed by atoms with Crippen LogP contribution < -0.4 is 10.6 Å². The van der Waals surface area contributed by atoms with Gasteiger partial charge in [0, 0.05) is 37.2 Å². The third-order valence-electron chi connectivity index (χ3n) is 12.3. The van der Waals surface area contributed by atoms with Crippen LogP contribution in [0.3, 0.4) is 0 Å². The number of esters is 1. The summed E-state index contributed by atoms with van der Waals surface area (Å²) in [6.45, 7) is 8.01. The summed E-state index contributed by atoms with van der Waals surface area (Å²) < 4.78 is 15.9. The van der Waals surface area contributed by atoms with Crippen molar-refractivity contribution in [1.82, 2.24) is 10.6 Å². The van der Waals surface area contributed by atoms with E-state index in [1.165, 1.54) is 32.8 Å². The summed E-state index contributed by atoms with van der Waals surface area (Å²) in [5.74, 6) is 13.7. The number of benzene rings is 2. The lowest BCUT2D eigenvalue weighted by atomic mass is 9.79. The van der Waals surface area contributed by atoms with E-state index < -0.39 is 11.1 Å². The van der Waals surface area contributed by atoms with Gasteiger partial charge in [-0.05, 0) is 162 Å². The molecule has 9 heteroatoms. The molecule has 0 bridgehead atoms. The molecule has 1 aliphatic heterocycles. The molecule has 298 valence electrons. The Morgan fingerprint density at radius 2 is 1.21 bits per heavy atom. The normalized spacial score (nSPS) is 25.5. The Hall–Kier alpha value is -4.57. The maximum absolute atomic E-state index is 12.9. The van der Waals surface area contributed by atoms with Crippen molar-refractivity contribution in [3.05, 3.63) is 74.5 Å². The van der Waals surface area contributed by atoms with Gasteiger partial charge in [0.05, 0.1) is 36.9 Å². The molecule has 0 atom stereocenters. The maximum atomic E-state index is 12.9. The van der Waals surface area contributed by atoms with E-state index in [4.69, 9.17) is 14.2 Å². The minimum atomic E-state index is -0.960. The van der Waals surface area contributed by atoms with Crippen LogP contribution >= 0.6 is 0 Å². The highest BCUT2D eigenvalue weighted by Crippen LogP contribution is 2.43. The van der Waals surface area contributed by atoms with Crippen LogP contribution in [0.15, 0.2) is 30.0 Å². The molecule has 1 spiro atoms. The Kier molecular flexibility index (Phi) is 12.7. The fourth-order valence-electron chi connectivity index (χ4n) is 8.57. The standard InChI is InChI=1S/C24H31NO4.C23H27NO3/c1-16-13-19(8-7-18-5-6-18)14-17(2)21(16)15-22(26)25-24(23(27)29-4)11-9-20(28-3)10-12-24;1-14-12-17(7-6-16-4-5-16)13-15(2)19(14)20-21(25)23(24-22(20)26)10-8-18(27-3)9-11-23/h13-14,18,20H,5-6,9-12,15H2,1-4H3,(H,25,26);12-13,16,18,25H,4-5,8-11H2,1-3H3,(H,24,26). The first-order chi connectivity index (χ1) is 26.8. The van der Waals surface area contributed by atoms with Gasteiger partial charge >= 0.3 is 5.97 Å². The molecule has 0 unspecified atom stereocenters. The van der Waals surface area contributed by atoms with Crippen molar-refractivity contribution in [2.75, 3.05) is 21.3 Å². The van der Waals surface area contributed by atoms with E-state index in [1.807, 2.05) is 52.0 Å². The zero-order valence-corrected chi connectivity index (χ0v) is 34.2. The molecular formula is C47H58N2O7. The number of carbonyl (C=O) groups excluding carboxylic acids is 3. The van der Waals surface area contributed by atoms with Gasteiger partial charge in [0.25, 0.3) is 5.91 Å². The molecule has 4 fully saturated rings. The second kappa shape index (κ2) is 17.3. The zero-order chi connectivity index (χ0) is 40.2. The summed E-state index contributed by atoms with van der Waals surface area (Å²) in [4.78, 5) is 38.2. The molecular weight excluding hydrogens is 705 g/mol. The quantitative estimate of drug-likeness (QED) is 0.205. The average Bonchev–Trinajstić information content (AvgIpc) is 4.12. The number of aliphatic hydroxyl groups is 1. The number of ether oxygens (including phenoxy) is 3. The minimum absolute atomic E-state index is 0.124. The molecule has 0 saturated heterocycles. The van der Waals surface area contributed by atoms with E-state index in [0.29, 0.717) is 43.1 Å². The van der Waals surface area contributed by atoms with Crippen LogP contribution in [0.25, 0.3) is 5.57 Å². The highest BCUT2D eigenvalue weighted by molar-refractivity contribution is 6.24. The SMILES string of the molecule is COC(=O)C1(NC(=O)Cc2c(C)cc(C#CC3CC3)cc2C)CCC(OC)CC1.COC1CCC2(CC1)NC(=O)C(c1c(C)cc(C#CC3CC3)cc1C)=C2O. The van der Waals surface area contributed by atoms with Crippen molar-refractivity contribution >= 4 is 23.4 Å². The van der Waals surface area contributed by atoms with Gasteiger partial charge in [-0.3, -0.25) is 9.59 Å². The number of aryl methyl sites for hydroxylation is 4. The summed E-state index contributed by atoms with van der Waals surface area (Å²) in [5, 5.41) is 17.2. The molecule has 4 aliphatic carbocycles. The maximum Gasteiger partial charge on any atom is 0.331 e. The summed E-state index contributed by atoms with van der Waals surface area (Å²) in [5.41, 5.74) is 6.72. The fourth-order valence-corrected chi connectivity index (χ4v) is 8.57. The van der Waals surface area contributed by atoms with Crippen molar-refractivity contribution in [1.29, 1.82) is 0 Å². The predicted octanol–water partition coefficient (Wildman–Crippen LogP) is 7.02. The Morgan fingerprint density at radius 3 is 1.66 bits per heavy atom. The van der Waals surface area contributed by atoms with Gasteiger partial charge in [-0.25, -0.2) is 4.79 Å². The van der Waals surface area contributed by atoms with Gasteiger partial charge in [-0.2, -0.15) is 0 Å². The minimum Gasteiger partial charge on any atom is -0.509 e. The zero-order valence-electron chi connectivity index (χ0n) is 34.2. The molecule has 1 heterocycles. The van der Waals surface area contributed by atoms with E-state index >= 15 is 0 Å². The average molecular weight is 763 g/mol. The third kappa shape index (κ3) is 9.34. The second-order valence-corrected chi connectivity index (χ2v) is 16.6. The molecule has 0 radical (unpaired) electrons. The van der Waals surface area contributed by atoms with Crippen LogP contribution in [-0.4, -0.2) is 67.5 Å². The van der Waals surface area contributed by atoms with Crippen LogP contribution in [0.5, 0.6) is 0 Å². The number of methoxy groups -OCH3 is 3. The molecule has 0 aromatic heterocycles. The van der Waals surface area contributed by atoms with Gasteiger partial charge < -0.3 is 30.0 Å². The number of nitrogens with one attached hydrogen (secondary N) is 2. The number of carbonyl (C=O) groups is 3. The Bertz CT molecular complexity index is 1950. The number of aliphatic hydroxyl groups excluding tert-OH is 1. The van der Waals surface area contributed by atoms with E-state index in [-0.39, 0.29) is 42.2 Å². The topological polar surface area (TPSA) is 123 Å². The third-order valence-corrected chi connectivity index (χ3v) is 12.3. The summed E-state index contributed by atoms with van der Waals surface area (Å²) >= 11 is 0. The molecule has 7 rings (SSSR count). The van der Waals surface area contributed by atoms with Crippen LogP contribution in [0.1, 0.15) is 122 Å². The predicted molar refractivity (Wildman–Crippen MR) is 217 cm³/mol. The Morgan fingerprint density at radius 1 is 0.750 bits per heavy atom. The largest absolute Gasteiger partial charge is 0.509 e. The van der Waals surface area contributed by atoms with Crippen LogP contribution in [-0.2, 0) is 35.0 Å². The number of amides is 2. The first kappa shape index (κ1) is 41.1. The molecule has 5 aliphatic rings. The van der Waals surface area contributed by atoms with E-state index in [1.54, 1.807) is 14.2 Å². The van der Waals surface area contributed by atoms with Crippen molar-refractivity contribution in [3.63, 3.8) is 0 Å². The molecule has 4 saturated carbocycles. The van der Waals surface area contributed by atoms with E-state index in [0.717, 1.165) is 70.2 Å². The molecule has 3 N–H and O–H groups in total. The lowest BCUT2D eigenvalue weighted by molar-refractivity contribution is -0.153. The highest BCUT2D eigenvalue weighted by Gasteiger charge is 2.48. The summed E-state index contributed by atoms with van der Waals surface area (Å²) in [6.07, 6.45) is 11.0. The highest BCUT2D eigenvalue weighted by atomic mass is 16.5. The van der Waals surface area contributed by atoms with Gasteiger partial charge in [-0.1, -0.05) is 23.7 Å².